The molecule has 1 aliphatic rings. The Kier molecular flexibility index (Phi) is 2.42. The second-order valence-corrected chi connectivity index (χ2v) is 3.73. The Morgan fingerprint density at radius 1 is 1.46 bits per heavy atom. The van der Waals surface area contributed by atoms with Crippen molar-refractivity contribution in [1.29, 1.82) is 0 Å². The fourth-order valence-electron chi connectivity index (χ4n) is 1.76. The van der Waals surface area contributed by atoms with Gasteiger partial charge in [0.1, 0.15) is 5.75 Å². The minimum absolute atomic E-state index is 0.226. The lowest BCUT2D eigenvalue weighted by atomic mass is 10.0. The van der Waals surface area contributed by atoms with Crippen molar-refractivity contribution in [1.82, 2.24) is 5.32 Å². The average Bonchev–Trinajstić information content (AvgIpc) is 2.62. The predicted molar refractivity (Wildman–Crippen MR) is 53.1 cm³/mol. The van der Waals surface area contributed by atoms with Crippen LogP contribution in [0.4, 0.5) is 0 Å². The molecule has 2 N–H and O–H groups in total. The Hall–Kier alpha value is -0.730. The van der Waals surface area contributed by atoms with Crippen LogP contribution in [0.5, 0.6) is 5.75 Å². The van der Waals surface area contributed by atoms with E-state index in [0.717, 1.165) is 24.9 Å². The van der Waals surface area contributed by atoms with E-state index in [-0.39, 0.29) is 11.8 Å². The highest BCUT2D eigenvalue weighted by Crippen LogP contribution is 2.34. The largest absolute Gasteiger partial charge is 0.506 e. The number of nitrogens with one attached hydrogen (secondary N) is 1. The molecule has 70 valence electrons. The van der Waals surface area contributed by atoms with E-state index >= 15 is 0 Å². The van der Waals surface area contributed by atoms with Crippen LogP contribution in [0.25, 0.3) is 0 Å². The van der Waals surface area contributed by atoms with Gasteiger partial charge >= 0.3 is 0 Å². The molecule has 1 atom stereocenters. The first-order chi connectivity index (χ1) is 6.29. The van der Waals surface area contributed by atoms with Crippen molar-refractivity contribution in [2.75, 3.05) is 6.54 Å². The Morgan fingerprint density at radius 2 is 2.31 bits per heavy atom. The lowest BCUT2D eigenvalue weighted by Gasteiger charge is -2.12. The fourth-order valence-corrected chi connectivity index (χ4v) is 1.95. The molecule has 0 bridgehead atoms. The van der Waals surface area contributed by atoms with E-state index in [4.69, 9.17) is 11.6 Å². The smallest absolute Gasteiger partial charge is 0.138 e. The summed E-state index contributed by atoms with van der Waals surface area (Å²) in [6.45, 7) is 1.02. The fraction of sp³-hybridized carbons (Fsp3) is 0.400. The second-order valence-electron chi connectivity index (χ2n) is 3.33. The van der Waals surface area contributed by atoms with Gasteiger partial charge in [0, 0.05) is 11.6 Å². The quantitative estimate of drug-likeness (QED) is 0.725. The monoisotopic (exact) mass is 197 g/mol. The zero-order chi connectivity index (χ0) is 9.26. The molecule has 0 saturated carbocycles. The molecule has 1 aliphatic heterocycles. The molecule has 1 saturated heterocycles. The van der Waals surface area contributed by atoms with Gasteiger partial charge in [0.2, 0.25) is 0 Å². The van der Waals surface area contributed by atoms with E-state index in [1.165, 1.54) is 0 Å². The van der Waals surface area contributed by atoms with Crippen molar-refractivity contribution in [3.8, 4) is 5.75 Å². The van der Waals surface area contributed by atoms with E-state index in [1.807, 2.05) is 12.1 Å². The SMILES string of the molecule is Oc1c(Cl)cccc1[C@@H]1CCCN1. The maximum absolute atomic E-state index is 9.69. The first kappa shape index (κ1) is 8.85. The number of rotatable bonds is 1. The average molecular weight is 198 g/mol. The summed E-state index contributed by atoms with van der Waals surface area (Å²) in [6, 6.07) is 5.77. The van der Waals surface area contributed by atoms with Gasteiger partial charge < -0.3 is 10.4 Å². The van der Waals surface area contributed by atoms with Gasteiger partial charge in [-0.3, -0.25) is 0 Å². The molecule has 1 aromatic carbocycles. The molecule has 0 unspecified atom stereocenters. The van der Waals surface area contributed by atoms with Crippen molar-refractivity contribution < 1.29 is 5.11 Å². The molecular formula is C10H12ClNO. The molecule has 2 rings (SSSR count). The molecule has 2 nitrogen and oxygen atoms in total. The lowest BCUT2D eigenvalue weighted by molar-refractivity contribution is 0.457. The molecule has 0 amide bonds. The van der Waals surface area contributed by atoms with Crippen molar-refractivity contribution >= 4 is 11.6 Å². The van der Waals surface area contributed by atoms with Crippen LogP contribution in [-0.2, 0) is 0 Å². The van der Waals surface area contributed by atoms with Crippen molar-refractivity contribution in [2.45, 2.75) is 18.9 Å². The zero-order valence-corrected chi connectivity index (χ0v) is 8.01. The van der Waals surface area contributed by atoms with Crippen LogP contribution in [-0.4, -0.2) is 11.7 Å². The van der Waals surface area contributed by atoms with E-state index in [2.05, 4.69) is 5.32 Å². The number of aromatic hydroxyl groups is 1. The highest BCUT2D eigenvalue weighted by molar-refractivity contribution is 6.32. The summed E-state index contributed by atoms with van der Waals surface area (Å²) in [5.74, 6) is 0.226. The van der Waals surface area contributed by atoms with Gasteiger partial charge in [0.25, 0.3) is 0 Å². The van der Waals surface area contributed by atoms with Crippen LogP contribution in [0.2, 0.25) is 5.02 Å². The first-order valence-electron chi connectivity index (χ1n) is 4.50. The third kappa shape index (κ3) is 1.64. The van der Waals surface area contributed by atoms with Gasteiger partial charge in [-0.25, -0.2) is 0 Å². The maximum Gasteiger partial charge on any atom is 0.138 e. The maximum atomic E-state index is 9.69. The molecule has 0 radical (unpaired) electrons. The van der Waals surface area contributed by atoms with Gasteiger partial charge in [0.05, 0.1) is 5.02 Å². The number of para-hydroxylation sites is 1. The molecular weight excluding hydrogens is 186 g/mol. The Labute approximate surface area is 82.5 Å². The summed E-state index contributed by atoms with van der Waals surface area (Å²) in [6.07, 6.45) is 2.24. The van der Waals surface area contributed by atoms with Gasteiger partial charge in [0.15, 0.2) is 0 Å². The summed E-state index contributed by atoms with van der Waals surface area (Å²) >= 11 is 5.81. The Morgan fingerprint density at radius 3 is 3.00 bits per heavy atom. The van der Waals surface area contributed by atoms with Crippen LogP contribution in [0.15, 0.2) is 18.2 Å². The summed E-state index contributed by atoms with van der Waals surface area (Å²) in [5, 5.41) is 13.4. The van der Waals surface area contributed by atoms with Gasteiger partial charge in [-0.2, -0.15) is 0 Å². The van der Waals surface area contributed by atoms with Crippen molar-refractivity contribution in [2.24, 2.45) is 0 Å². The molecule has 0 aromatic heterocycles. The van der Waals surface area contributed by atoms with Crippen LogP contribution in [0.3, 0.4) is 0 Å². The Balaban J connectivity index is 2.33. The first-order valence-corrected chi connectivity index (χ1v) is 4.87. The summed E-state index contributed by atoms with van der Waals surface area (Å²) in [5.41, 5.74) is 0.921. The third-order valence-corrected chi connectivity index (χ3v) is 2.76. The van der Waals surface area contributed by atoms with Crippen LogP contribution < -0.4 is 5.32 Å². The predicted octanol–water partition coefficient (Wildman–Crippen LogP) is 2.47. The van der Waals surface area contributed by atoms with Crippen molar-refractivity contribution in [3.05, 3.63) is 28.8 Å². The second kappa shape index (κ2) is 3.56. The topological polar surface area (TPSA) is 32.3 Å². The minimum atomic E-state index is 0.226. The highest BCUT2D eigenvalue weighted by Gasteiger charge is 2.19. The number of hydrogen-bond donors (Lipinski definition) is 2. The summed E-state index contributed by atoms with van der Waals surface area (Å²) in [4.78, 5) is 0. The lowest BCUT2D eigenvalue weighted by Crippen LogP contribution is -2.12. The van der Waals surface area contributed by atoms with Gasteiger partial charge in [-0.05, 0) is 25.5 Å². The number of halogens is 1. The molecule has 3 heteroatoms. The molecule has 1 fully saturated rings. The van der Waals surface area contributed by atoms with Crippen molar-refractivity contribution in [3.63, 3.8) is 0 Å². The number of phenolic OH excluding ortho intramolecular Hbond substituents is 1. The standard InChI is InChI=1S/C10H12ClNO/c11-8-4-1-3-7(10(8)13)9-5-2-6-12-9/h1,3-4,9,12-13H,2,5-6H2/t9-/m0/s1. The van der Waals surface area contributed by atoms with E-state index in [1.54, 1.807) is 6.07 Å². The highest BCUT2D eigenvalue weighted by atomic mass is 35.5. The molecule has 1 heterocycles. The van der Waals surface area contributed by atoms with E-state index < -0.39 is 0 Å². The van der Waals surface area contributed by atoms with E-state index in [0.29, 0.717) is 5.02 Å². The van der Waals surface area contributed by atoms with Gasteiger partial charge in [-0.1, -0.05) is 23.7 Å². The molecule has 1 aromatic rings. The zero-order valence-electron chi connectivity index (χ0n) is 7.26. The van der Waals surface area contributed by atoms with Gasteiger partial charge in [-0.15, -0.1) is 0 Å². The Bertz CT molecular complexity index is 308. The molecule has 0 spiro atoms. The normalized spacial score (nSPS) is 22.1. The van der Waals surface area contributed by atoms with Crippen LogP contribution >= 0.6 is 11.6 Å². The number of hydrogen-bond acceptors (Lipinski definition) is 2. The molecule has 13 heavy (non-hydrogen) atoms. The number of phenols is 1. The van der Waals surface area contributed by atoms with Crippen LogP contribution in [0, 0.1) is 0 Å². The molecule has 0 aliphatic carbocycles. The van der Waals surface area contributed by atoms with Crippen LogP contribution in [0.1, 0.15) is 24.4 Å². The summed E-state index contributed by atoms with van der Waals surface area (Å²) < 4.78 is 0. The summed E-state index contributed by atoms with van der Waals surface area (Å²) in [7, 11) is 0. The number of benzene rings is 1. The minimum Gasteiger partial charge on any atom is -0.506 e. The van der Waals surface area contributed by atoms with E-state index in [9.17, 15) is 5.11 Å². The third-order valence-electron chi connectivity index (χ3n) is 2.45.